The van der Waals surface area contributed by atoms with E-state index < -0.39 is 9.84 Å². The highest BCUT2D eigenvalue weighted by atomic mass is 32.2. The van der Waals surface area contributed by atoms with Gasteiger partial charge in [-0.15, -0.1) is 0 Å². The van der Waals surface area contributed by atoms with Gasteiger partial charge in [0, 0.05) is 12.6 Å². The zero-order chi connectivity index (χ0) is 12.3. The minimum Gasteiger partial charge on any atom is -0.392 e. The Morgan fingerprint density at radius 2 is 1.82 bits per heavy atom. The van der Waals surface area contributed by atoms with Crippen molar-refractivity contribution in [3.8, 4) is 0 Å². The van der Waals surface area contributed by atoms with Gasteiger partial charge in [0.05, 0.1) is 17.1 Å². The molecule has 5 heteroatoms. The van der Waals surface area contributed by atoms with Crippen LogP contribution < -0.4 is 5.32 Å². The first-order chi connectivity index (χ1) is 8.09. The molecular weight excluding hydrogens is 238 g/mol. The van der Waals surface area contributed by atoms with Gasteiger partial charge in [0.25, 0.3) is 0 Å². The Hall–Kier alpha value is -0.130. The van der Waals surface area contributed by atoms with Crippen LogP contribution >= 0.6 is 0 Å². The molecule has 2 fully saturated rings. The topological polar surface area (TPSA) is 66.4 Å². The Morgan fingerprint density at radius 3 is 2.53 bits per heavy atom. The van der Waals surface area contributed by atoms with E-state index in [9.17, 15) is 13.5 Å². The molecule has 1 aliphatic carbocycles. The molecule has 100 valence electrons. The van der Waals surface area contributed by atoms with Crippen LogP contribution in [0, 0.1) is 0 Å². The Balaban J connectivity index is 1.84. The molecule has 2 N–H and O–H groups in total. The van der Waals surface area contributed by atoms with Crippen LogP contribution in [0.1, 0.15) is 44.9 Å². The van der Waals surface area contributed by atoms with E-state index in [1.54, 1.807) is 0 Å². The monoisotopic (exact) mass is 261 g/mol. The first-order valence-corrected chi connectivity index (χ1v) is 8.44. The van der Waals surface area contributed by atoms with Crippen LogP contribution in [0.25, 0.3) is 0 Å². The van der Waals surface area contributed by atoms with Crippen LogP contribution in [0.4, 0.5) is 0 Å². The van der Waals surface area contributed by atoms with Gasteiger partial charge >= 0.3 is 0 Å². The van der Waals surface area contributed by atoms with Crippen LogP contribution in [-0.4, -0.2) is 43.2 Å². The van der Waals surface area contributed by atoms with Crippen LogP contribution in [0.5, 0.6) is 0 Å². The zero-order valence-electron chi connectivity index (χ0n) is 10.3. The van der Waals surface area contributed by atoms with E-state index in [4.69, 9.17) is 0 Å². The highest BCUT2D eigenvalue weighted by Crippen LogP contribution is 2.21. The fraction of sp³-hybridized carbons (Fsp3) is 1.00. The lowest BCUT2D eigenvalue weighted by Crippen LogP contribution is -2.43. The Bertz CT molecular complexity index is 342. The first kappa shape index (κ1) is 13.3. The van der Waals surface area contributed by atoms with Crippen LogP contribution in [0.15, 0.2) is 0 Å². The molecule has 1 saturated heterocycles. The predicted octanol–water partition coefficient (Wildman–Crippen LogP) is 0.847. The summed E-state index contributed by atoms with van der Waals surface area (Å²) in [5.41, 5.74) is 0. The summed E-state index contributed by atoms with van der Waals surface area (Å²) in [7, 11) is -2.86. The van der Waals surface area contributed by atoms with Crippen molar-refractivity contribution in [3.05, 3.63) is 0 Å². The number of hydrogen-bond donors (Lipinski definition) is 2. The molecule has 3 atom stereocenters. The molecule has 0 aromatic rings. The van der Waals surface area contributed by atoms with Crippen molar-refractivity contribution >= 4 is 9.84 Å². The zero-order valence-corrected chi connectivity index (χ0v) is 11.1. The SMILES string of the molecule is O=S1(=O)CCCC1CNC1CCCCCC1O. The third-order valence-corrected chi connectivity index (χ3v) is 6.33. The number of hydrogen-bond acceptors (Lipinski definition) is 4. The summed E-state index contributed by atoms with van der Waals surface area (Å²) in [5, 5.41) is 13.0. The second-order valence-corrected chi connectivity index (χ2v) is 7.75. The number of sulfone groups is 1. The predicted molar refractivity (Wildman–Crippen MR) is 67.7 cm³/mol. The summed E-state index contributed by atoms with van der Waals surface area (Å²) in [4.78, 5) is 0. The van der Waals surface area contributed by atoms with E-state index >= 15 is 0 Å². The normalized spacial score (nSPS) is 37.8. The molecule has 17 heavy (non-hydrogen) atoms. The molecule has 0 amide bonds. The summed E-state index contributed by atoms with van der Waals surface area (Å²) in [5.74, 6) is 0.340. The van der Waals surface area contributed by atoms with Crippen LogP contribution in [0.3, 0.4) is 0 Å². The number of nitrogens with one attached hydrogen (secondary N) is 1. The van der Waals surface area contributed by atoms with Gasteiger partial charge in [0.2, 0.25) is 0 Å². The number of aliphatic hydroxyl groups excluding tert-OH is 1. The summed E-state index contributed by atoms with van der Waals surface area (Å²) in [6, 6.07) is 0.0910. The fourth-order valence-corrected chi connectivity index (χ4v) is 4.67. The number of rotatable bonds is 3. The van der Waals surface area contributed by atoms with Gasteiger partial charge in [0.1, 0.15) is 0 Å². The van der Waals surface area contributed by atoms with E-state index in [0.29, 0.717) is 12.3 Å². The maximum atomic E-state index is 11.7. The molecule has 3 unspecified atom stereocenters. The van der Waals surface area contributed by atoms with Crippen molar-refractivity contribution < 1.29 is 13.5 Å². The van der Waals surface area contributed by atoms with Gasteiger partial charge < -0.3 is 10.4 Å². The summed E-state index contributed by atoms with van der Waals surface area (Å²) in [6.45, 7) is 0.518. The lowest BCUT2D eigenvalue weighted by Gasteiger charge is -2.23. The Labute approximate surface area is 104 Å². The Morgan fingerprint density at radius 1 is 1.06 bits per heavy atom. The molecule has 0 bridgehead atoms. The number of aliphatic hydroxyl groups is 1. The molecule has 1 saturated carbocycles. The van der Waals surface area contributed by atoms with Crippen molar-refractivity contribution in [2.75, 3.05) is 12.3 Å². The summed E-state index contributed by atoms with van der Waals surface area (Å²) >= 11 is 0. The molecule has 4 nitrogen and oxygen atoms in total. The average Bonchev–Trinajstić information content (AvgIpc) is 2.47. The lowest BCUT2D eigenvalue weighted by atomic mass is 10.1. The van der Waals surface area contributed by atoms with E-state index in [0.717, 1.165) is 38.5 Å². The lowest BCUT2D eigenvalue weighted by molar-refractivity contribution is 0.120. The van der Waals surface area contributed by atoms with E-state index in [1.165, 1.54) is 6.42 Å². The summed E-state index contributed by atoms with van der Waals surface area (Å²) in [6.07, 6.45) is 6.47. The molecule has 1 heterocycles. The standard InChI is InChI=1S/C12H23NO3S/c14-12-7-3-1-2-6-11(12)13-9-10-5-4-8-17(10,15)16/h10-14H,1-9H2. The van der Waals surface area contributed by atoms with E-state index in [2.05, 4.69) is 5.32 Å². The molecular formula is C12H23NO3S. The maximum Gasteiger partial charge on any atom is 0.154 e. The Kier molecular flexibility index (Phi) is 4.44. The minimum absolute atomic E-state index is 0.0910. The fourth-order valence-electron chi connectivity index (χ4n) is 2.90. The quantitative estimate of drug-likeness (QED) is 0.739. The molecule has 1 aliphatic heterocycles. The van der Waals surface area contributed by atoms with E-state index in [1.807, 2.05) is 0 Å². The van der Waals surface area contributed by atoms with Crippen molar-refractivity contribution in [1.82, 2.24) is 5.32 Å². The van der Waals surface area contributed by atoms with Crippen LogP contribution in [-0.2, 0) is 9.84 Å². The molecule has 0 spiro atoms. The van der Waals surface area contributed by atoms with Crippen molar-refractivity contribution in [1.29, 1.82) is 0 Å². The highest BCUT2D eigenvalue weighted by molar-refractivity contribution is 7.92. The molecule has 0 aromatic heterocycles. The van der Waals surface area contributed by atoms with Gasteiger partial charge in [-0.25, -0.2) is 8.42 Å². The molecule has 2 rings (SSSR count). The smallest absolute Gasteiger partial charge is 0.154 e. The first-order valence-electron chi connectivity index (χ1n) is 6.72. The molecule has 0 radical (unpaired) electrons. The van der Waals surface area contributed by atoms with Gasteiger partial charge in [-0.3, -0.25) is 0 Å². The largest absolute Gasteiger partial charge is 0.392 e. The van der Waals surface area contributed by atoms with Gasteiger partial charge in [-0.1, -0.05) is 19.3 Å². The second kappa shape index (κ2) is 5.67. The van der Waals surface area contributed by atoms with Crippen molar-refractivity contribution in [3.63, 3.8) is 0 Å². The van der Waals surface area contributed by atoms with Gasteiger partial charge in [-0.05, 0) is 25.7 Å². The second-order valence-electron chi connectivity index (χ2n) is 5.35. The van der Waals surface area contributed by atoms with E-state index in [-0.39, 0.29) is 17.4 Å². The van der Waals surface area contributed by atoms with Crippen molar-refractivity contribution in [2.24, 2.45) is 0 Å². The average molecular weight is 261 g/mol. The molecule has 2 aliphatic rings. The summed E-state index contributed by atoms with van der Waals surface area (Å²) < 4.78 is 23.4. The maximum absolute atomic E-state index is 11.7. The highest BCUT2D eigenvalue weighted by Gasteiger charge is 2.32. The minimum atomic E-state index is -2.86. The van der Waals surface area contributed by atoms with Gasteiger partial charge in [0.15, 0.2) is 9.84 Å². The van der Waals surface area contributed by atoms with Crippen LogP contribution in [0.2, 0.25) is 0 Å². The third-order valence-electron chi connectivity index (χ3n) is 4.05. The van der Waals surface area contributed by atoms with Crippen molar-refractivity contribution in [2.45, 2.75) is 62.3 Å². The van der Waals surface area contributed by atoms with Gasteiger partial charge in [-0.2, -0.15) is 0 Å². The molecule has 0 aromatic carbocycles. The third kappa shape index (κ3) is 3.42.